The van der Waals surface area contributed by atoms with Gasteiger partial charge in [0, 0.05) is 13.1 Å². The average molecular weight is 270 g/mol. The second-order valence-electron chi connectivity index (χ2n) is 5.78. The molecule has 2 aromatic rings. The number of likely N-dealkylation sites (tertiary alicyclic amines) is 1. The number of piperidine rings is 1. The second-order valence-corrected chi connectivity index (χ2v) is 5.78. The Kier molecular flexibility index (Phi) is 3.34. The molecule has 5 heteroatoms. The molecule has 0 N–H and O–H groups in total. The normalized spacial score (nSPS) is 23.0. The van der Waals surface area contributed by atoms with Crippen molar-refractivity contribution in [2.24, 2.45) is 11.8 Å². The Morgan fingerprint density at radius 1 is 1.10 bits per heavy atom. The maximum absolute atomic E-state index is 12.5. The number of nitrogens with zero attached hydrogens (tertiary/aromatic N) is 4. The van der Waals surface area contributed by atoms with Crippen LogP contribution in [-0.4, -0.2) is 39.1 Å². The Morgan fingerprint density at radius 3 is 2.45 bits per heavy atom. The third-order valence-electron chi connectivity index (χ3n) is 3.71. The molecule has 5 nitrogen and oxygen atoms in total. The number of carbonyl (C=O) groups excluding carboxylic acids is 1. The van der Waals surface area contributed by atoms with Crippen molar-refractivity contribution < 1.29 is 4.79 Å². The topological polar surface area (TPSA) is 59.0 Å². The summed E-state index contributed by atoms with van der Waals surface area (Å²) in [6.45, 7) is 5.91. The van der Waals surface area contributed by atoms with E-state index in [-0.39, 0.29) is 11.7 Å². The van der Waals surface area contributed by atoms with Crippen LogP contribution in [0.5, 0.6) is 0 Å². The van der Waals surface area contributed by atoms with Gasteiger partial charge in [-0.2, -0.15) is 0 Å². The minimum atomic E-state index is -0.110. The van der Waals surface area contributed by atoms with Crippen LogP contribution in [0.3, 0.4) is 0 Å². The number of para-hydroxylation sites is 1. The first-order valence-corrected chi connectivity index (χ1v) is 7.02. The van der Waals surface area contributed by atoms with Crippen molar-refractivity contribution in [3.63, 3.8) is 0 Å². The van der Waals surface area contributed by atoms with E-state index in [0.717, 1.165) is 13.1 Å². The third kappa shape index (κ3) is 2.48. The summed E-state index contributed by atoms with van der Waals surface area (Å²) in [7, 11) is 0. The molecule has 1 amide bonds. The lowest BCUT2D eigenvalue weighted by atomic mass is 9.92. The SMILES string of the molecule is C[C@H]1C[C@H](C)CN(C(=O)c2nnc3ccccc3n2)C1. The highest BCUT2D eigenvalue weighted by Crippen LogP contribution is 2.22. The molecule has 0 saturated carbocycles. The van der Waals surface area contributed by atoms with Gasteiger partial charge in [-0.15, -0.1) is 10.2 Å². The van der Waals surface area contributed by atoms with Gasteiger partial charge < -0.3 is 4.90 Å². The smallest absolute Gasteiger partial charge is 0.293 e. The molecule has 104 valence electrons. The van der Waals surface area contributed by atoms with E-state index in [0.29, 0.717) is 22.9 Å². The van der Waals surface area contributed by atoms with Gasteiger partial charge in [-0.3, -0.25) is 4.79 Å². The van der Waals surface area contributed by atoms with Crippen LogP contribution in [0.15, 0.2) is 24.3 Å². The van der Waals surface area contributed by atoms with E-state index in [2.05, 4.69) is 29.0 Å². The van der Waals surface area contributed by atoms with Crippen molar-refractivity contribution in [2.45, 2.75) is 20.3 Å². The zero-order chi connectivity index (χ0) is 14.1. The molecule has 1 aromatic carbocycles. The fourth-order valence-electron chi connectivity index (χ4n) is 2.94. The van der Waals surface area contributed by atoms with E-state index >= 15 is 0 Å². The molecular weight excluding hydrogens is 252 g/mol. The number of hydrogen-bond donors (Lipinski definition) is 0. The van der Waals surface area contributed by atoms with Gasteiger partial charge in [0.25, 0.3) is 5.91 Å². The Morgan fingerprint density at radius 2 is 1.75 bits per heavy atom. The Bertz CT molecular complexity index is 633. The predicted octanol–water partition coefficient (Wildman–Crippen LogP) is 2.14. The van der Waals surface area contributed by atoms with Gasteiger partial charge in [0.05, 0.1) is 5.52 Å². The summed E-state index contributed by atoms with van der Waals surface area (Å²) in [5.74, 6) is 1.14. The first-order valence-electron chi connectivity index (χ1n) is 7.02. The van der Waals surface area contributed by atoms with Gasteiger partial charge in [0.1, 0.15) is 5.52 Å². The number of aromatic nitrogens is 3. The van der Waals surface area contributed by atoms with Crippen LogP contribution in [-0.2, 0) is 0 Å². The lowest BCUT2D eigenvalue weighted by molar-refractivity contribution is 0.0610. The number of carbonyl (C=O) groups is 1. The van der Waals surface area contributed by atoms with Gasteiger partial charge in [-0.1, -0.05) is 26.0 Å². The lowest BCUT2D eigenvalue weighted by Gasteiger charge is -2.34. The predicted molar refractivity (Wildman–Crippen MR) is 76.2 cm³/mol. The van der Waals surface area contributed by atoms with Crippen LogP contribution in [0, 0.1) is 11.8 Å². The molecule has 0 bridgehead atoms. The molecule has 1 aliphatic heterocycles. The summed E-state index contributed by atoms with van der Waals surface area (Å²) in [6.07, 6.45) is 1.17. The molecule has 2 heterocycles. The van der Waals surface area contributed by atoms with Gasteiger partial charge in [-0.05, 0) is 30.4 Å². The Labute approximate surface area is 118 Å². The first-order chi connectivity index (χ1) is 9.63. The maximum Gasteiger partial charge on any atom is 0.293 e. The lowest BCUT2D eigenvalue weighted by Crippen LogP contribution is -2.43. The summed E-state index contributed by atoms with van der Waals surface area (Å²) in [4.78, 5) is 18.7. The monoisotopic (exact) mass is 270 g/mol. The summed E-state index contributed by atoms with van der Waals surface area (Å²) in [6, 6.07) is 7.46. The molecule has 20 heavy (non-hydrogen) atoms. The van der Waals surface area contributed by atoms with Crippen LogP contribution in [0.25, 0.3) is 11.0 Å². The van der Waals surface area contributed by atoms with Crippen LogP contribution < -0.4 is 0 Å². The van der Waals surface area contributed by atoms with Crippen molar-refractivity contribution in [2.75, 3.05) is 13.1 Å². The van der Waals surface area contributed by atoms with Gasteiger partial charge in [0.2, 0.25) is 5.82 Å². The van der Waals surface area contributed by atoms with E-state index in [4.69, 9.17) is 0 Å². The largest absolute Gasteiger partial charge is 0.335 e. The van der Waals surface area contributed by atoms with Crippen LogP contribution in [0.4, 0.5) is 0 Å². The van der Waals surface area contributed by atoms with Gasteiger partial charge in [0.15, 0.2) is 0 Å². The maximum atomic E-state index is 12.5. The van der Waals surface area contributed by atoms with E-state index in [1.807, 2.05) is 29.2 Å². The standard InChI is InChI=1S/C15H18N4O/c1-10-7-11(2)9-19(8-10)15(20)14-16-12-5-3-4-6-13(12)17-18-14/h3-6,10-11H,7-9H2,1-2H3/t10-,11-/m0/s1. The van der Waals surface area contributed by atoms with E-state index < -0.39 is 0 Å². The Balaban J connectivity index is 1.88. The van der Waals surface area contributed by atoms with Crippen molar-refractivity contribution in [3.8, 4) is 0 Å². The fraction of sp³-hybridized carbons (Fsp3) is 0.467. The number of rotatable bonds is 1. The van der Waals surface area contributed by atoms with Crippen LogP contribution in [0.1, 0.15) is 30.9 Å². The van der Waals surface area contributed by atoms with Crippen molar-refractivity contribution in [1.29, 1.82) is 0 Å². The molecule has 0 aliphatic carbocycles. The minimum Gasteiger partial charge on any atom is -0.335 e. The zero-order valence-electron chi connectivity index (χ0n) is 11.8. The van der Waals surface area contributed by atoms with E-state index in [9.17, 15) is 4.79 Å². The molecule has 0 unspecified atom stereocenters. The number of fused-ring (bicyclic) bond motifs is 1. The zero-order valence-corrected chi connectivity index (χ0v) is 11.8. The van der Waals surface area contributed by atoms with Gasteiger partial charge in [-0.25, -0.2) is 4.98 Å². The highest BCUT2D eigenvalue weighted by Gasteiger charge is 2.27. The highest BCUT2D eigenvalue weighted by atomic mass is 16.2. The Hall–Kier alpha value is -2.04. The van der Waals surface area contributed by atoms with Crippen molar-refractivity contribution in [3.05, 3.63) is 30.1 Å². The number of amides is 1. The van der Waals surface area contributed by atoms with E-state index in [1.165, 1.54) is 6.42 Å². The molecule has 1 saturated heterocycles. The third-order valence-corrected chi connectivity index (χ3v) is 3.71. The molecule has 1 aromatic heterocycles. The fourth-order valence-corrected chi connectivity index (χ4v) is 2.94. The molecule has 0 spiro atoms. The van der Waals surface area contributed by atoms with Crippen molar-refractivity contribution in [1.82, 2.24) is 20.1 Å². The van der Waals surface area contributed by atoms with Crippen LogP contribution in [0.2, 0.25) is 0 Å². The first kappa shape index (κ1) is 13.0. The summed E-state index contributed by atoms with van der Waals surface area (Å²) in [5.41, 5.74) is 1.42. The molecule has 1 fully saturated rings. The molecule has 1 aliphatic rings. The number of hydrogen-bond acceptors (Lipinski definition) is 4. The summed E-state index contributed by atoms with van der Waals surface area (Å²) >= 11 is 0. The molecule has 2 atom stereocenters. The van der Waals surface area contributed by atoms with Gasteiger partial charge >= 0.3 is 0 Å². The van der Waals surface area contributed by atoms with Crippen LogP contribution >= 0.6 is 0 Å². The molecule has 0 radical (unpaired) electrons. The van der Waals surface area contributed by atoms with Crippen molar-refractivity contribution >= 4 is 16.9 Å². The average Bonchev–Trinajstić information content (AvgIpc) is 2.45. The quantitative estimate of drug-likeness (QED) is 0.796. The minimum absolute atomic E-state index is 0.110. The summed E-state index contributed by atoms with van der Waals surface area (Å²) < 4.78 is 0. The summed E-state index contributed by atoms with van der Waals surface area (Å²) in [5, 5.41) is 8.05. The molecule has 3 rings (SSSR count). The highest BCUT2D eigenvalue weighted by molar-refractivity contribution is 5.92. The van der Waals surface area contributed by atoms with E-state index in [1.54, 1.807) is 0 Å². The second kappa shape index (κ2) is 5.15. The molecular formula is C15H18N4O. The number of benzene rings is 1.